The Hall–Kier alpha value is -3.08. The summed E-state index contributed by atoms with van der Waals surface area (Å²) in [6, 6.07) is 15.0. The van der Waals surface area contributed by atoms with Gasteiger partial charge in [-0.25, -0.2) is 0 Å². The average Bonchev–Trinajstić information content (AvgIpc) is 3.15. The molecule has 2 aliphatic rings. The lowest BCUT2D eigenvalue weighted by Gasteiger charge is -2.11. The van der Waals surface area contributed by atoms with Crippen LogP contribution >= 0.6 is 0 Å². The molecule has 2 aromatic carbocycles. The van der Waals surface area contributed by atoms with Gasteiger partial charge in [0, 0.05) is 0 Å². The Morgan fingerprint density at radius 3 is 2.70 bits per heavy atom. The number of para-hydroxylation sites is 1. The van der Waals surface area contributed by atoms with Gasteiger partial charge in [0.25, 0.3) is 5.91 Å². The van der Waals surface area contributed by atoms with Gasteiger partial charge in [0.05, 0.1) is 17.0 Å². The molecule has 0 radical (unpaired) electrons. The first-order chi connectivity index (χ1) is 11.2. The molecule has 0 aromatic heterocycles. The summed E-state index contributed by atoms with van der Waals surface area (Å²) < 4.78 is 10.7. The second kappa shape index (κ2) is 5.28. The number of hydrogen-bond donors (Lipinski definition) is 0. The summed E-state index contributed by atoms with van der Waals surface area (Å²) >= 11 is 0. The molecular weight excluding hydrogens is 292 g/mol. The molecule has 1 amide bonds. The predicted octanol–water partition coefficient (Wildman–Crippen LogP) is 3.22. The van der Waals surface area contributed by atoms with Crippen LogP contribution in [0.5, 0.6) is 11.5 Å². The molecule has 0 saturated heterocycles. The molecule has 0 bridgehead atoms. The van der Waals surface area contributed by atoms with E-state index in [9.17, 15) is 4.79 Å². The number of carbonyl (C=O) groups is 1. The smallest absolute Gasteiger partial charge is 0.280 e. The maximum atomic E-state index is 12.6. The second-order valence-corrected chi connectivity index (χ2v) is 5.31. The zero-order valence-electron chi connectivity index (χ0n) is 12.5. The standard InChI is InChI=1S/C18H14N2O3/c1-12-15(9-13-7-8-16-17(10-13)23-11-22-16)18(21)20(19-12)14-5-3-2-4-6-14/h2-10H,11H2,1H3/b15-9-. The first kappa shape index (κ1) is 13.6. The fraction of sp³-hybridized carbons (Fsp3) is 0.111. The van der Waals surface area contributed by atoms with Gasteiger partial charge in [0.1, 0.15) is 0 Å². The Morgan fingerprint density at radius 1 is 1.09 bits per heavy atom. The van der Waals surface area contributed by atoms with E-state index >= 15 is 0 Å². The highest BCUT2D eigenvalue weighted by Crippen LogP contribution is 2.33. The van der Waals surface area contributed by atoms with Crippen LogP contribution < -0.4 is 14.5 Å². The van der Waals surface area contributed by atoms with E-state index in [1.807, 2.05) is 61.5 Å². The van der Waals surface area contributed by atoms with Crippen molar-refractivity contribution in [3.8, 4) is 11.5 Å². The SMILES string of the molecule is CC1=NN(c2ccccc2)C(=O)/C1=C\c1ccc2c(c1)OCO2. The summed E-state index contributed by atoms with van der Waals surface area (Å²) in [6.07, 6.45) is 1.83. The molecule has 0 spiro atoms. The Labute approximate surface area is 133 Å². The molecule has 4 rings (SSSR count). The quantitative estimate of drug-likeness (QED) is 0.800. The van der Waals surface area contributed by atoms with Crippen molar-refractivity contribution in [3.05, 3.63) is 59.7 Å². The van der Waals surface area contributed by atoms with Crippen LogP contribution in [-0.2, 0) is 4.79 Å². The number of hydrogen-bond acceptors (Lipinski definition) is 4. The highest BCUT2D eigenvalue weighted by atomic mass is 16.7. The van der Waals surface area contributed by atoms with Crippen LogP contribution in [0.15, 0.2) is 59.2 Å². The van der Waals surface area contributed by atoms with Crippen molar-refractivity contribution in [2.75, 3.05) is 11.8 Å². The summed E-state index contributed by atoms with van der Waals surface area (Å²) in [6.45, 7) is 2.07. The largest absolute Gasteiger partial charge is 0.454 e. The maximum absolute atomic E-state index is 12.6. The topological polar surface area (TPSA) is 51.1 Å². The molecule has 0 unspecified atom stereocenters. The minimum absolute atomic E-state index is 0.133. The van der Waals surface area contributed by atoms with Crippen molar-refractivity contribution in [1.82, 2.24) is 0 Å². The van der Waals surface area contributed by atoms with Crippen LogP contribution in [0.1, 0.15) is 12.5 Å². The van der Waals surface area contributed by atoms with Crippen molar-refractivity contribution in [1.29, 1.82) is 0 Å². The highest BCUT2D eigenvalue weighted by molar-refractivity contribution is 6.32. The summed E-state index contributed by atoms with van der Waals surface area (Å²) in [5.41, 5.74) is 2.90. The second-order valence-electron chi connectivity index (χ2n) is 5.31. The molecule has 23 heavy (non-hydrogen) atoms. The third kappa shape index (κ3) is 2.36. The van der Waals surface area contributed by atoms with E-state index in [1.54, 1.807) is 0 Å². The van der Waals surface area contributed by atoms with Crippen molar-refractivity contribution in [3.63, 3.8) is 0 Å². The molecule has 0 saturated carbocycles. The van der Waals surface area contributed by atoms with Gasteiger partial charge >= 0.3 is 0 Å². The van der Waals surface area contributed by atoms with E-state index in [0.29, 0.717) is 17.0 Å². The van der Waals surface area contributed by atoms with Crippen molar-refractivity contribution in [2.24, 2.45) is 5.10 Å². The lowest BCUT2D eigenvalue weighted by Crippen LogP contribution is -2.21. The monoisotopic (exact) mass is 306 g/mol. The number of carbonyl (C=O) groups excluding carboxylic acids is 1. The van der Waals surface area contributed by atoms with Crippen LogP contribution in [0.2, 0.25) is 0 Å². The summed E-state index contributed by atoms with van der Waals surface area (Å²) in [7, 11) is 0. The number of fused-ring (bicyclic) bond motifs is 1. The van der Waals surface area contributed by atoms with Gasteiger partial charge in [-0.05, 0) is 42.8 Å². The van der Waals surface area contributed by atoms with Crippen molar-refractivity contribution < 1.29 is 14.3 Å². The molecule has 0 N–H and O–H groups in total. The van der Waals surface area contributed by atoms with Crippen LogP contribution in [0.4, 0.5) is 5.69 Å². The predicted molar refractivity (Wildman–Crippen MR) is 87.6 cm³/mol. The van der Waals surface area contributed by atoms with Gasteiger partial charge in [-0.15, -0.1) is 0 Å². The minimum atomic E-state index is -0.133. The van der Waals surface area contributed by atoms with Gasteiger partial charge in [-0.3, -0.25) is 4.79 Å². The number of amides is 1. The Morgan fingerprint density at radius 2 is 1.87 bits per heavy atom. The lowest BCUT2D eigenvalue weighted by molar-refractivity contribution is -0.114. The Bertz CT molecular complexity index is 841. The van der Waals surface area contributed by atoms with E-state index in [4.69, 9.17) is 9.47 Å². The number of rotatable bonds is 2. The highest BCUT2D eigenvalue weighted by Gasteiger charge is 2.28. The maximum Gasteiger partial charge on any atom is 0.280 e. The minimum Gasteiger partial charge on any atom is -0.454 e. The Kier molecular flexibility index (Phi) is 3.12. The first-order valence-electron chi connectivity index (χ1n) is 7.29. The van der Waals surface area contributed by atoms with Crippen molar-refractivity contribution >= 4 is 23.4 Å². The van der Waals surface area contributed by atoms with E-state index in [1.165, 1.54) is 5.01 Å². The first-order valence-corrected chi connectivity index (χ1v) is 7.29. The van der Waals surface area contributed by atoms with Gasteiger partial charge in [-0.2, -0.15) is 10.1 Å². The van der Waals surface area contributed by atoms with Crippen LogP contribution in [0, 0.1) is 0 Å². The van der Waals surface area contributed by atoms with Gasteiger partial charge < -0.3 is 9.47 Å². The molecule has 0 atom stereocenters. The number of anilines is 1. The zero-order chi connectivity index (χ0) is 15.8. The van der Waals surface area contributed by atoms with Gasteiger partial charge in [0.15, 0.2) is 11.5 Å². The molecule has 5 nitrogen and oxygen atoms in total. The van der Waals surface area contributed by atoms with E-state index in [-0.39, 0.29) is 12.7 Å². The van der Waals surface area contributed by atoms with Crippen LogP contribution in [0.25, 0.3) is 6.08 Å². The molecule has 5 heteroatoms. The summed E-state index contributed by atoms with van der Waals surface area (Å²) in [5.74, 6) is 1.28. The molecule has 2 aliphatic heterocycles. The number of nitrogens with zero attached hydrogens (tertiary/aromatic N) is 2. The lowest BCUT2D eigenvalue weighted by atomic mass is 10.1. The third-order valence-electron chi connectivity index (χ3n) is 3.77. The summed E-state index contributed by atoms with van der Waals surface area (Å²) in [5, 5.41) is 5.79. The van der Waals surface area contributed by atoms with Crippen molar-refractivity contribution in [2.45, 2.75) is 6.92 Å². The van der Waals surface area contributed by atoms with Crippen LogP contribution in [0.3, 0.4) is 0 Å². The molecule has 2 heterocycles. The molecule has 114 valence electrons. The number of benzene rings is 2. The number of hydrazone groups is 1. The normalized spacial score (nSPS) is 17.8. The fourth-order valence-electron chi connectivity index (χ4n) is 2.60. The molecule has 2 aromatic rings. The Balaban J connectivity index is 1.67. The number of ether oxygens (including phenoxy) is 2. The zero-order valence-corrected chi connectivity index (χ0v) is 12.5. The van der Waals surface area contributed by atoms with Gasteiger partial charge in [-0.1, -0.05) is 24.3 Å². The van der Waals surface area contributed by atoms with E-state index < -0.39 is 0 Å². The molecule has 0 fully saturated rings. The summed E-state index contributed by atoms with van der Waals surface area (Å²) in [4.78, 5) is 12.6. The van der Waals surface area contributed by atoms with Crippen LogP contribution in [-0.4, -0.2) is 18.4 Å². The molecule has 0 aliphatic carbocycles. The molecular formula is C18H14N2O3. The third-order valence-corrected chi connectivity index (χ3v) is 3.77. The average molecular weight is 306 g/mol. The fourth-order valence-corrected chi connectivity index (χ4v) is 2.60. The van der Waals surface area contributed by atoms with Gasteiger partial charge in [0.2, 0.25) is 6.79 Å². The van der Waals surface area contributed by atoms with E-state index in [0.717, 1.165) is 17.0 Å². The van der Waals surface area contributed by atoms with E-state index in [2.05, 4.69) is 5.10 Å².